The predicted molar refractivity (Wildman–Crippen MR) is 93.1 cm³/mol. The molecule has 0 amide bonds. The van der Waals surface area contributed by atoms with Crippen LogP contribution in [0.5, 0.6) is 0 Å². The van der Waals surface area contributed by atoms with E-state index in [1.165, 1.54) is 20.5 Å². The number of hydrogen-bond donors (Lipinski definition) is 2. The van der Waals surface area contributed by atoms with Gasteiger partial charge in [-0.3, -0.25) is 9.09 Å². The Morgan fingerprint density at radius 3 is 2.76 bits per heavy atom. The van der Waals surface area contributed by atoms with Crippen LogP contribution >= 0.6 is 6.72 Å². The smallest absolute Gasteiger partial charge is 0.324 e. The van der Waals surface area contributed by atoms with Gasteiger partial charge in [0.2, 0.25) is 0 Å². The molecule has 5 atom stereocenters. The summed E-state index contributed by atoms with van der Waals surface area (Å²) in [6.07, 6.45) is 1.46. The van der Waals surface area contributed by atoms with E-state index in [0.717, 1.165) is 0 Å². The summed E-state index contributed by atoms with van der Waals surface area (Å²) in [6, 6.07) is 0. The summed E-state index contributed by atoms with van der Waals surface area (Å²) in [5.74, 6) is 0.279. The topological polar surface area (TPSA) is 127 Å². The first-order chi connectivity index (χ1) is 11.9. The molecule has 0 aliphatic carbocycles. The van der Waals surface area contributed by atoms with Gasteiger partial charge in [-0.15, -0.1) is 0 Å². The number of nitrogens with zero attached hydrogens (tertiary/aromatic N) is 4. The highest BCUT2D eigenvalue weighted by molar-refractivity contribution is 8.07. The number of aromatic nitrogens is 4. The lowest BCUT2D eigenvalue weighted by Gasteiger charge is -2.26. The lowest BCUT2D eigenvalue weighted by atomic mass is 10.1. The van der Waals surface area contributed by atoms with Crippen LogP contribution in [0.1, 0.15) is 19.6 Å². The molecule has 2 unspecified atom stereocenters. The molecule has 0 aromatic carbocycles. The standard InChI is InChI=1S/C13H20N5O5PS/c1-4-7-9(23-24(19,25)21-3)10(20-2)13(22-7)18-6-17-8-11(14)15-5-16-12(8)18/h5-7,9-10,13H,4H2,1-3H3,(H,19,25)(H2,14,15,16)/t7-,9+,10?,13-,24?/m1/s1. The second-order valence-corrected chi connectivity index (χ2v) is 8.38. The van der Waals surface area contributed by atoms with E-state index in [1.54, 1.807) is 10.9 Å². The molecule has 1 aliphatic rings. The highest BCUT2D eigenvalue weighted by Crippen LogP contribution is 2.49. The van der Waals surface area contributed by atoms with Crippen LogP contribution in [0.4, 0.5) is 5.82 Å². The first kappa shape index (κ1) is 18.6. The van der Waals surface area contributed by atoms with Gasteiger partial charge in [0.25, 0.3) is 0 Å². The van der Waals surface area contributed by atoms with Crippen LogP contribution in [0.3, 0.4) is 0 Å². The van der Waals surface area contributed by atoms with Crippen molar-refractivity contribution >= 4 is 35.5 Å². The molecule has 2 aromatic rings. The number of methoxy groups -OCH3 is 1. The fraction of sp³-hybridized carbons (Fsp3) is 0.615. The molecule has 12 heteroatoms. The number of nitrogens with two attached hydrogens (primary N) is 1. The van der Waals surface area contributed by atoms with Crippen LogP contribution in [0.25, 0.3) is 11.2 Å². The van der Waals surface area contributed by atoms with Gasteiger partial charge in [-0.05, 0) is 18.2 Å². The summed E-state index contributed by atoms with van der Waals surface area (Å²) in [7, 11) is 2.84. The summed E-state index contributed by atoms with van der Waals surface area (Å²) in [5.41, 5.74) is 6.83. The fourth-order valence-electron chi connectivity index (χ4n) is 2.89. The summed E-state index contributed by atoms with van der Waals surface area (Å²) < 4.78 is 23.9. The Morgan fingerprint density at radius 2 is 2.12 bits per heavy atom. The third-order valence-corrected chi connectivity index (χ3v) is 5.78. The molecular formula is C13H20N5O5PS. The maximum absolute atomic E-state index is 10.0. The quantitative estimate of drug-likeness (QED) is 0.690. The van der Waals surface area contributed by atoms with Gasteiger partial charge in [0.05, 0.1) is 12.4 Å². The zero-order valence-corrected chi connectivity index (χ0v) is 15.7. The highest BCUT2D eigenvalue weighted by Gasteiger charge is 2.48. The van der Waals surface area contributed by atoms with Crippen LogP contribution in [0.15, 0.2) is 12.7 Å². The predicted octanol–water partition coefficient (Wildman–Crippen LogP) is 0.979. The van der Waals surface area contributed by atoms with Crippen molar-refractivity contribution in [2.24, 2.45) is 0 Å². The minimum Gasteiger partial charge on any atom is -0.382 e. The van der Waals surface area contributed by atoms with E-state index in [2.05, 4.69) is 15.0 Å². The molecule has 1 fully saturated rings. The molecule has 3 heterocycles. The number of anilines is 1. The summed E-state index contributed by atoms with van der Waals surface area (Å²) in [6.45, 7) is -1.44. The van der Waals surface area contributed by atoms with Crippen LogP contribution in [0, 0.1) is 0 Å². The molecule has 0 bridgehead atoms. The molecule has 0 radical (unpaired) electrons. The summed E-state index contributed by atoms with van der Waals surface area (Å²) >= 11 is 4.97. The molecule has 2 aromatic heterocycles. The van der Waals surface area contributed by atoms with Gasteiger partial charge in [-0.1, -0.05) is 6.92 Å². The molecule has 3 rings (SSSR count). The largest absolute Gasteiger partial charge is 0.382 e. The first-order valence-corrected chi connectivity index (χ1v) is 10.2. The van der Waals surface area contributed by atoms with Gasteiger partial charge in [0.1, 0.15) is 24.1 Å². The Balaban J connectivity index is 1.98. The third-order valence-electron chi connectivity index (χ3n) is 4.11. The molecule has 1 saturated heterocycles. The number of imidazole rings is 1. The number of fused-ring (bicyclic) bond motifs is 1. The average Bonchev–Trinajstić information content (AvgIpc) is 3.16. The van der Waals surface area contributed by atoms with Crippen molar-refractivity contribution in [2.45, 2.75) is 37.9 Å². The van der Waals surface area contributed by atoms with Crippen LogP contribution in [0.2, 0.25) is 0 Å². The molecule has 25 heavy (non-hydrogen) atoms. The van der Waals surface area contributed by atoms with Crippen molar-refractivity contribution in [3.8, 4) is 0 Å². The van der Waals surface area contributed by atoms with Crippen molar-refractivity contribution in [1.82, 2.24) is 19.5 Å². The second kappa shape index (κ2) is 7.20. The van der Waals surface area contributed by atoms with Crippen molar-refractivity contribution in [3.05, 3.63) is 12.7 Å². The summed E-state index contributed by atoms with van der Waals surface area (Å²) in [5, 5.41) is 0. The molecule has 0 saturated carbocycles. The normalized spacial score (nSPS) is 29.1. The van der Waals surface area contributed by atoms with Gasteiger partial charge >= 0.3 is 6.72 Å². The van der Waals surface area contributed by atoms with Crippen LogP contribution in [-0.4, -0.2) is 56.9 Å². The Hall–Kier alpha value is -1.20. The Labute approximate surface area is 149 Å². The van der Waals surface area contributed by atoms with Gasteiger partial charge in [-0.25, -0.2) is 15.0 Å². The van der Waals surface area contributed by atoms with Gasteiger partial charge in [-0.2, -0.15) is 0 Å². The first-order valence-electron chi connectivity index (χ1n) is 7.60. The van der Waals surface area contributed by atoms with E-state index in [9.17, 15) is 4.89 Å². The van der Waals surface area contributed by atoms with Gasteiger partial charge in [0, 0.05) is 14.2 Å². The van der Waals surface area contributed by atoms with E-state index in [0.29, 0.717) is 17.6 Å². The molecule has 138 valence electrons. The second-order valence-electron chi connectivity index (χ2n) is 5.48. The zero-order chi connectivity index (χ0) is 18.2. The lowest BCUT2D eigenvalue weighted by Crippen LogP contribution is -2.35. The van der Waals surface area contributed by atoms with E-state index in [1.807, 2.05) is 6.92 Å². The van der Waals surface area contributed by atoms with Crippen molar-refractivity contribution in [3.63, 3.8) is 0 Å². The monoisotopic (exact) mass is 389 g/mol. The van der Waals surface area contributed by atoms with Crippen molar-refractivity contribution in [2.75, 3.05) is 20.0 Å². The van der Waals surface area contributed by atoms with E-state index < -0.39 is 25.2 Å². The van der Waals surface area contributed by atoms with Crippen LogP contribution in [-0.2, 0) is 30.3 Å². The SMILES string of the molecule is CC[C@H]1O[C@@H](n2cnc3c(N)ncnc32)C(OC)[C@H]1OP(O)(=S)OC. The fourth-order valence-corrected chi connectivity index (χ4v) is 3.84. The molecule has 0 spiro atoms. The number of nitrogen functional groups attached to an aromatic ring is 1. The number of hydrogen-bond acceptors (Lipinski definition) is 9. The van der Waals surface area contributed by atoms with Crippen LogP contribution < -0.4 is 5.73 Å². The molecule has 10 nitrogen and oxygen atoms in total. The number of ether oxygens (including phenoxy) is 2. The lowest BCUT2D eigenvalue weighted by molar-refractivity contribution is -0.0494. The van der Waals surface area contributed by atoms with Gasteiger partial charge < -0.3 is 24.6 Å². The van der Waals surface area contributed by atoms with E-state index in [-0.39, 0.29) is 11.9 Å². The van der Waals surface area contributed by atoms with E-state index >= 15 is 0 Å². The Morgan fingerprint density at radius 1 is 1.36 bits per heavy atom. The summed E-state index contributed by atoms with van der Waals surface area (Å²) in [4.78, 5) is 22.5. The van der Waals surface area contributed by atoms with E-state index in [4.69, 9.17) is 36.1 Å². The third kappa shape index (κ3) is 3.41. The number of rotatable bonds is 6. The zero-order valence-electron chi connectivity index (χ0n) is 14.0. The molecular weight excluding hydrogens is 369 g/mol. The Kier molecular flexibility index (Phi) is 5.35. The average molecular weight is 389 g/mol. The molecule has 1 aliphatic heterocycles. The maximum Gasteiger partial charge on any atom is 0.324 e. The van der Waals surface area contributed by atoms with Gasteiger partial charge in [0.15, 0.2) is 17.7 Å². The highest BCUT2D eigenvalue weighted by atomic mass is 32.5. The van der Waals surface area contributed by atoms with Crippen molar-refractivity contribution in [1.29, 1.82) is 0 Å². The minimum atomic E-state index is -3.38. The van der Waals surface area contributed by atoms with Crippen molar-refractivity contribution < 1.29 is 23.4 Å². The maximum atomic E-state index is 10.0. The minimum absolute atomic E-state index is 0.279. The Bertz CT molecular complexity index is 804. The molecule has 3 N–H and O–H groups in total.